The topological polar surface area (TPSA) is 55.1 Å². The fraction of sp³-hybridized carbons (Fsp3) is 0.158. The number of nitrogens with zero attached hydrogens (tertiary/aromatic N) is 2. The van der Waals surface area contributed by atoms with Gasteiger partial charge in [-0.2, -0.15) is 0 Å². The predicted molar refractivity (Wildman–Crippen MR) is 94.4 cm³/mol. The summed E-state index contributed by atoms with van der Waals surface area (Å²) < 4.78 is 52.5. The molecule has 114 valence electrons. The molecule has 0 atom stereocenters. The third-order valence-electron chi connectivity index (χ3n) is 3.98. The molecular weight excluding hydrogens is 286 g/mol. The zero-order valence-electron chi connectivity index (χ0n) is 18.4. The van der Waals surface area contributed by atoms with Crippen molar-refractivity contribution in [3.63, 3.8) is 0 Å². The molecule has 0 saturated carbocycles. The molecule has 23 heavy (non-hydrogen) atoms. The number of aromatic nitrogens is 1. The summed E-state index contributed by atoms with van der Waals surface area (Å²) in [6, 6.07) is 12.3. The minimum absolute atomic E-state index is 0.0381. The molecule has 1 aliphatic heterocycles. The monoisotopic (exact) mass is 310 g/mol. The van der Waals surface area contributed by atoms with Gasteiger partial charge in [0.2, 0.25) is 5.36 Å². The summed E-state index contributed by atoms with van der Waals surface area (Å²) in [6.45, 7) is -4.06. The lowest BCUT2D eigenvalue weighted by Gasteiger charge is -2.10. The Morgan fingerprint density at radius 1 is 1.13 bits per heavy atom. The maximum atomic E-state index is 7.67. The third kappa shape index (κ3) is 2.06. The van der Waals surface area contributed by atoms with Crippen LogP contribution in [0.1, 0.15) is 13.8 Å². The van der Waals surface area contributed by atoms with Crippen molar-refractivity contribution < 1.29 is 12.6 Å². The Labute approximate surface area is 142 Å². The Hall–Kier alpha value is -2.88. The van der Waals surface area contributed by atoms with Gasteiger partial charge in [-0.25, -0.2) is 9.56 Å². The Balaban J connectivity index is 2.15. The van der Waals surface area contributed by atoms with Gasteiger partial charge in [0.1, 0.15) is 25.2 Å². The molecule has 0 spiro atoms. The number of hydrogen-bond acceptors (Lipinski definition) is 3. The molecule has 0 amide bonds. The Morgan fingerprint density at radius 3 is 2.70 bits per heavy atom. The van der Waals surface area contributed by atoms with Crippen LogP contribution in [0.3, 0.4) is 0 Å². The molecule has 2 aromatic rings. The van der Waals surface area contributed by atoms with Crippen molar-refractivity contribution >= 4 is 27.6 Å². The maximum Gasteiger partial charge on any atom is 0.206 e. The zero-order chi connectivity index (χ0) is 21.1. The van der Waals surface area contributed by atoms with Crippen LogP contribution in [0.4, 0.5) is 5.69 Å². The lowest BCUT2D eigenvalue weighted by molar-refractivity contribution is 0.611. The lowest BCUT2D eigenvalue weighted by atomic mass is 10.1. The summed E-state index contributed by atoms with van der Waals surface area (Å²) in [5.74, 6) is 0.270. The van der Waals surface area contributed by atoms with E-state index in [1.165, 1.54) is 6.07 Å². The molecule has 1 aliphatic carbocycles. The number of nitrogens with two attached hydrogens (primary N) is 1. The number of anilines is 1. The normalized spacial score (nSPS) is 16.4. The van der Waals surface area contributed by atoms with E-state index in [-0.39, 0.29) is 11.1 Å². The quantitative estimate of drug-likeness (QED) is 0.235. The second kappa shape index (κ2) is 4.81. The number of nitrogen functional groups attached to an aromatic ring is 1. The molecule has 4 heteroatoms. The van der Waals surface area contributed by atoms with E-state index in [0.29, 0.717) is 32.6 Å². The van der Waals surface area contributed by atoms with Crippen LogP contribution in [0.2, 0.25) is 0 Å². The Bertz CT molecular complexity index is 1290. The van der Waals surface area contributed by atoms with E-state index >= 15 is 0 Å². The van der Waals surface area contributed by atoms with Gasteiger partial charge in [-0.05, 0) is 13.0 Å². The largest absolute Gasteiger partial charge is 0.452 e. The molecule has 0 fully saturated rings. The summed E-state index contributed by atoms with van der Waals surface area (Å²) in [7, 11) is 0. The SMILES string of the molecule is [2H]C([2H])([2H])[N+](=c1cc2oc3cc(N)c4ccccc4c3nc-2cc1C)C([2H])([2H])[2H]. The van der Waals surface area contributed by atoms with Gasteiger partial charge < -0.3 is 10.2 Å². The fourth-order valence-electron chi connectivity index (χ4n) is 2.87. The number of hydrogen-bond donors (Lipinski definition) is 1. The van der Waals surface area contributed by atoms with Crippen LogP contribution < -0.4 is 15.7 Å². The van der Waals surface area contributed by atoms with Crippen molar-refractivity contribution in [1.82, 2.24) is 9.56 Å². The first-order chi connectivity index (χ1) is 13.5. The summed E-state index contributed by atoms with van der Waals surface area (Å²) in [5.41, 5.74) is 8.67. The molecule has 4 rings (SSSR count). The standard InChI is InChI=1S/C19H17N3O/c1-11-8-15-17(10-16(11)22(2)3)23-18-9-14(20)12-6-4-5-7-13(12)19(18)21-15/h4-10,20H,1-3H3/p+1/i2D3,3D3. The minimum atomic E-state index is -2.85. The Morgan fingerprint density at radius 2 is 1.91 bits per heavy atom. The second-order valence-electron chi connectivity index (χ2n) is 5.51. The molecule has 2 N–H and O–H groups in total. The van der Waals surface area contributed by atoms with Crippen molar-refractivity contribution in [3.8, 4) is 11.5 Å². The van der Waals surface area contributed by atoms with Crippen LogP contribution in [-0.4, -0.2) is 18.9 Å². The van der Waals surface area contributed by atoms with Gasteiger partial charge in [0.25, 0.3) is 0 Å². The summed E-state index contributed by atoms with van der Waals surface area (Å²) in [4.78, 5) is 4.68. The molecule has 0 unspecified atom stereocenters. The molecule has 1 heterocycles. The molecule has 4 nitrogen and oxygen atoms in total. The van der Waals surface area contributed by atoms with Crippen molar-refractivity contribution in [2.75, 3.05) is 19.7 Å². The summed E-state index contributed by atoms with van der Waals surface area (Å²) in [5, 5.41) is 1.73. The average molecular weight is 310 g/mol. The van der Waals surface area contributed by atoms with E-state index in [2.05, 4.69) is 4.98 Å². The number of benzene rings is 3. The first kappa shape index (κ1) is 8.67. The van der Waals surface area contributed by atoms with Crippen LogP contribution in [-0.2, 0) is 0 Å². The van der Waals surface area contributed by atoms with Crippen LogP contribution in [0.5, 0.6) is 0 Å². The highest BCUT2D eigenvalue weighted by atomic mass is 16.3. The zero-order valence-corrected chi connectivity index (χ0v) is 12.4. The highest BCUT2D eigenvalue weighted by Crippen LogP contribution is 2.32. The van der Waals surface area contributed by atoms with E-state index in [1.54, 1.807) is 19.1 Å². The van der Waals surface area contributed by atoms with E-state index < -0.39 is 14.0 Å². The maximum absolute atomic E-state index is 7.67. The van der Waals surface area contributed by atoms with Gasteiger partial charge in [-0.15, -0.1) is 0 Å². The number of fused-ring (bicyclic) bond motifs is 4. The van der Waals surface area contributed by atoms with Crippen molar-refractivity contribution in [2.24, 2.45) is 0 Å². The summed E-state index contributed by atoms with van der Waals surface area (Å²) >= 11 is 0. The highest BCUT2D eigenvalue weighted by Gasteiger charge is 2.15. The Kier molecular flexibility index (Phi) is 1.81. The molecule has 0 bridgehead atoms. The fourth-order valence-corrected chi connectivity index (χ4v) is 2.87. The van der Waals surface area contributed by atoms with Gasteiger partial charge in [0.05, 0.1) is 14.3 Å². The predicted octanol–water partition coefficient (Wildman–Crippen LogP) is 3.01. The number of aryl methyl sites for hydroxylation is 1. The lowest BCUT2D eigenvalue weighted by Crippen LogP contribution is -2.24. The van der Waals surface area contributed by atoms with Crippen LogP contribution in [0, 0.1) is 6.92 Å². The summed E-state index contributed by atoms with van der Waals surface area (Å²) in [6.07, 6.45) is 0. The van der Waals surface area contributed by atoms with E-state index in [4.69, 9.17) is 18.4 Å². The third-order valence-corrected chi connectivity index (χ3v) is 3.98. The van der Waals surface area contributed by atoms with E-state index in [0.717, 1.165) is 10.8 Å². The smallest absolute Gasteiger partial charge is 0.206 e. The van der Waals surface area contributed by atoms with Crippen LogP contribution in [0.25, 0.3) is 33.3 Å². The molecule has 0 saturated heterocycles. The molecular formula is C19H18N3O+. The van der Waals surface area contributed by atoms with E-state index in [9.17, 15) is 0 Å². The van der Waals surface area contributed by atoms with Crippen molar-refractivity contribution in [1.29, 1.82) is 0 Å². The van der Waals surface area contributed by atoms with Gasteiger partial charge in [0.15, 0.2) is 11.3 Å². The van der Waals surface area contributed by atoms with Crippen LogP contribution >= 0.6 is 0 Å². The minimum Gasteiger partial charge on any atom is -0.452 e. The van der Waals surface area contributed by atoms with Gasteiger partial charge in [0, 0.05) is 28.1 Å². The average Bonchev–Trinajstić information content (AvgIpc) is 2.59. The molecule has 2 aliphatic rings. The van der Waals surface area contributed by atoms with Gasteiger partial charge >= 0.3 is 0 Å². The second-order valence-corrected chi connectivity index (χ2v) is 5.51. The highest BCUT2D eigenvalue weighted by molar-refractivity contribution is 6.09. The first-order valence-corrected chi connectivity index (χ1v) is 7.12. The van der Waals surface area contributed by atoms with Crippen molar-refractivity contribution in [2.45, 2.75) is 6.92 Å². The first-order valence-electron chi connectivity index (χ1n) is 10.1. The van der Waals surface area contributed by atoms with Gasteiger partial charge in [-0.1, -0.05) is 24.3 Å². The van der Waals surface area contributed by atoms with Crippen molar-refractivity contribution in [3.05, 3.63) is 53.4 Å². The molecule has 0 aromatic heterocycles. The van der Waals surface area contributed by atoms with E-state index in [1.807, 2.05) is 24.3 Å². The van der Waals surface area contributed by atoms with Crippen LogP contribution in [0.15, 0.2) is 46.9 Å². The number of rotatable bonds is 0. The molecule has 0 radical (unpaired) electrons. The molecule has 2 aromatic carbocycles. The van der Waals surface area contributed by atoms with Gasteiger partial charge in [-0.3, -0.25) is 0 Å².